The third kappa shape index (κ3) is 2.77. The van der Waals surface area contributed by atoms with Gasteiger partial charge in [0.05, 0.1) is 0 Å². The smallest absolute Gasteiger partial charge is 0.0416 e. The minimum Gasteiger partial charge on any atom is -0.369 e. The second-order valence-electron chi connectivity index (χ2n) is 6.22. The molecule has 3 rings (SSSR count). The number of nitrogens with one attached hydrogen (secondary N) is 1. The standard InChI is InChI=1S/C16H25N3/c1-13(2)10-18-11-14-4-3-5-16(15(14)12-18)19-8-6-17-7-9-19/h3-5,13,17H,6-12H2,1-2H3. The number of hydrogen-bond acceptors (Lipinski definition) is 3. The van der Waals surface area contributed by atoms with Gasteiger partial charge in [0.2, 0.25) is 0 Å². The van der Waals surface area contributed by atoms with Crippen LogP contribution in [-0.2, 0) is 13.1 Å². The van der Waals surface area contributed by atoms with Crippen molar-refractivity contribution < 1.29 is 0 Å². The van der Waals surface area contributed by atoms with Gasteiger partial charge in [0.1, 0.15) is 0 Å². The van der Waals surface area contributed by atoms with Gasteiger partial charge < -0.3 is 10.2 Å². The molecule has 3 nitrogen and oxygen atoms in total. The molecule has 1 fully saturated rings. The predicted molar refractivity (Wildman–Crippen MR) is 80.5 cm³/mol. The average Bonchev–Trinajstić information content (AvgIpc) is 2.80. The van der Waals surface area contributed by atoms with Crippen molar-refractivity contribution in [1.82, 2.24) is 10.2 Å². The van der Waals surface area contributed by atoms with E-state index in [0.29, 0.717) is 0 Å². The Balaban J connectivity index is 1.80. The molecule has 0 atom stereocenters. The Morgan fingerprint density at radius 1 is 1.16 bits per heavy atom. The minimum atomic E-state index is 0.747. The Morgan fingerprint density at radius 2 is 1.95 bits per heavy atom. The molecule has 2 heterocycles. The lowest BCUT2D eigenvalue weighted by molar-refractivity contribution is 0.251. The van der Waals surface area contributed by atoms with Crippen LogP contribution in [0.1, 0.15) is 25.0 Å². The maximum Gasteiger partial charge on any atom is 0.0416 e. The van der Waals surface area contributed by atoms with Crippen molar-refractivity contribution in [3.63, 3.8) is 0 Å². The second-order valence-corrected chi connectivity index (χ2v) is 6.22. The van der Waals surface area contributed by atoms with E-state index in [0.717, 1.165) is 45.2 Å². The summed E-state index contributed by atoms with van der Waals surface area (Å²) in [4.78, 5) is 5.13. The number of fused-ring (bicyclic) bond motifs is 1. The number of hydrogen-bond donors (Lipinski definition) is 1. The molecule has 2 aliphatic rings. The Morgan fingerprint density at radius 3 is 2.68 bits per heavy atom. The molecule has 19 heavy (non-hydrogen) atoms. The van der Waals surface area contributed by atoms with Crippen LogP contribution < -0.4 is 10.2 Å². The highest BCUT2D eigenvalue weighted by Gasteiger charge is 2.24. The van der Waals surface area contributed by atoms with Gasteiger partial charge in [-0.25, -0.2) is 0 Å². The fourth-order valence-electron chi connectivity index (χ4n) is 3.32. The zero-order valence-electron chi connectivity index (χ0n) is 12.2. The zero-order chi connectivity index (χ0) is 13.2. The summed E-state index contributed by atoms with van der Waals surface area (Å²) in [6.07, 6.45) is 0. The van der Waals surface area contributed by atoms with Crippen molar-refractivity contribution in [1.29, 1.82) is 0 Å². The van der Waals surface area contributed by atoms with Crippen LogP contribution in [0, 0.1) is 5.92 Å². The molecule has 104 valence electrons. The maximum absolute atomic E-state index is 3.43. The van der Waals surface area contributed by atoms with Gasteiger partial charge >= 0.3 is 0 Å². The van der Waals surface area contributed by atoms with Crippen LogP contribution in [0.25, 0.3) is 0 Å². The largest absolute Gasteiger partial charge is 0.369 e. The van der Waals surface area contributed by atoms with Crippen LogP contribution in [0.4, 0.5) is 5.69 Å². The molecule has 1 saturated heterocycles. The fourth-order valence-corrected chi connectivity index (χ4v) is 3.32. The Bertz CT molecular complexity index is 436. The summed E-state index contributed by atoms with van der Waals surface area (Å²) < 4.78 is 0. The lowest BCUT2D eigenvalue weighted by atomic mass is 10.1. The molecule has 2 aliphatic heterocycles. The molecule has 0 spiro atoms. The van der Waals surface area contributed by atoms with Gasteiger partial charge in [0, 0.05) is 51.5 Å². The first kappa shape index (κ1) is 12.9. The molecule has 3 heteroatoms. The number of anilines is 1. The molecule has 0 unspecified atom stereocenters. The van der Waals surface area contributed by atoms with E-state index in [1.807, 2.05) is 0 Å². The lowest BCUT2D eigenvalue weighted by Crippen LogP contribution is -2.43. The van der Waals surface area contributed by atoms with Gasteiger partial charge in [-0.1, -0.05) is 26.0 Å². The van der Waals surface area contributed by atoms with Gasteiger partial charge in [-0.15, -0.1) is 0 Å². The summed E-state index contributed by atoms with van der Waals surface area (Å²) in [5.74, 6) is 0.747. The molecule has 0 bridgehead atoms. The van der Waals surface area contributed by atoms with Crippen LogP contribution >= 0.6 is 0 Å². The molecular weight excluding hydrogens is 234 g/mol. The zero-order valence-corrected chi connectivity index (χ0v) is 12.2. The van der Waals surface area contributed by atoms with Crippen molar-refractivity contribution in [2.45, 2.75) is 26.9 Å². The summed E-state index contributed by atoms with van der Waals surface area (Å²) in [5.41, 5.74) is 4.59. The summed E-state index contributed by atoms with van der Waals surface area (Å²) in [7, 11) is 0. The number of rotatable bonds is 3. The highest BCUT2D eigenvalue weighted by Crippen LogP contribution is 2.32. The Labute approximate surface area is 116 Å². The molecular formula is C16H25N3. The summed E-state index contributed by atoms with van der Waals surface area (Å²) >= 11 is 0. The molecule has 1 aromatic rings. The van der Waals surface area contributed by atoms with Crippen LogP contribution in [0.3, 0.4) is 0 Å². The highest BCUT2D eigenvalue weighted by molar-refractivity contribution is 5.58. The van der Waals surface area contributed by atoms with E-state index in [-0.39, 0.29) is 0 Å². The van der Waals surface area contributed by atoms with E-state index >= 15 is 0 Å². The molecule has 0 aliphatic carbocycles. The fraction of sp³-hybridized carbons (Fsp3) is 0.625. The Hall–Kier alpha value is -1.06. The van der Waals surface area contributed by atoms with Gasteiger partial charge in [-0.05, 0) is 23.1 Å². The quantitative estimate of drug-likeness (QED) is 0.896. The van der Waals surface area contributed by atoms with Gasteiger partial charge in [0.25, 0.3) is 0 Å². The van der Waals surface area contributed by atoms with Crippen LogP contribution in [0.2, 0.25) is 0 Å². The first-order valence-electron chi connectivity index (χ1n) is 7.53. The maximum atomic E-state index is 3.43. The normalized spacial score (nSPS) is 20.1. The highest BCUT2D eigenvalue weighted by atomic mass is 15.2. The van der Waals surface area contributed by atoms with E-state index in [2.05, 4.69) is 47.2 Å². The van der Waals surface area contributed by atoms with Crippen molar-refractivity contribution in [2.24, 2.45) is 5.92 Å². The minimum absolute atomic E-state index is 0.747. The van der Waals surface area contributed by atoms with E-state index in [1.165, 1.54) is 17.8 Å². The molecule has 0 radical (unpaired) electrons. The molecule has 0 amide bonds. The van der Waals surface area contributed by atoms with Gasteiger partial charge in [-0.2, -0.15) is 0 Å². The molecule has 0 aromatic heterocycles. The first-order valence-corrected chi connectivity index (χ1v) is 7.53. The third-order valence-electron chi connectivity index (χ3n) is 4.11. The van der Waals surface area contributed by atoms with Crippen LogP contribution in [0.5, 0.6) is 0 Å². The number of nitrogens with zero attached hydrogens (tertiary/aromatic N) is 2. The molecule has 1 N–H and O–H groups in total. The topological polar surface area (TPSA) is 18.5 Å². The van der Waals surface area contributed by atoms with Gasteiger partial charge in [0.15, 0.2) is 0 Å². The lowest BCUT2D eigenvalue weighted by Gasteiger charge is -2.31. The predicted octanol–water partition coefficient (Wildman–Crippen LogP) is 2.07. The van der Waals surface area contributed by atoms with E-state index < -0.39 is 0 Å². The number of piperazine rings is 1. The number of benzene rings is 1. The summed E-state index contributed by atoms with van der Waals surface area (Å²) in [6.45, 7) is 12.6. The van der Waals surface area contributed by atoms with E-state index in [9.17, 15) is 0 Å². The van der Waals surface area contributed by atoms with Crippen molar-refractivity contribution >= 4 is 5.69 Å². The van der Waals surface area contributed by atoms with Crippen molar-refractivity contribution in [3.8, 4) is 0 Å². The monoisotopic (exact) mass is 259 g/mol. The summed E-state index contributed by atoms with van der Waals surface area (Å²) in [6, 6.07) is 6.85. The molecule has 0 saturated carbocycles. The SMILES string of the molecule is CC(C)CN1Cc2cccc(N3CCNCC3)c2C1. The first-order chi connectivity index (χ1) is 9.24. The summed E-state index contributed by atoms with van der Waals surface area (Å²) in [5, 5.41) is 3.43. The average molecular weight is 259 g/mol. The second kappa shape index (κ2) is 5.51. The van der Waals surface area contributed by atoms with Crippen molar-refractivity contribution in [2.75, 3.05) is 37.6 Å². The Kier molecular flexibility index (Phi) is 3.76. The molecule has 1 aromatic carbocycles. The van der Waals surface area contributed by atoms with Crippen LogP contribution in [0.15, 0.2) is 18.2 Å². The van der Waals surface area contributed by atoms with Crippen LogP contribution in [-0.4, -0.2) is 37.6 Å². The van der Waals surface area contributed by atoms with E-state index in [1.54, 1.807) is 5.56 Å². The van der Waals surface area contributed by atoms with Crippen molar-refractivity contribution in [3.05, 3.63) is 29.3 Å². The van der Waals surface area contributed by atoms with Gasteiger partial charge in [-0.3, -0.25) is 4.90 Å². The third-order valence-corrected chi connectivity index (χ3v) is 4.11. The van der Waals surface area contributed by atoms with E-state index in [4.69, 9.17) is 0 Å².